The normalized spacial score (nSPS) is 38.1. The predicted octanol–water partition coefficient (Wildman–Crippen LogP) is 5.14. The molecular weight excluding hydrogens is 603 g/mol. The number of rotatable bonds is 7. The van der Waals surface area contributed by atoms with Crippen molar-refractivity contribution < 1.29 is 13.9 Å². The summed E-state index contributed by atoms with van der Waals surface area (Å²) < 4.78 is 23.8. The third-order valence-corrected chi connectivity index (χ3v) is 13.3. The van der Waals surface area contributed by atoms with E-state index in [1.54, 1.807) is 0 Å². The van der Waals surface area contributed by atoms with E-state index < -0.39 is 12.0 Å². The summed E-state index contributed by atoms with van der Waals surface area (Å²) in [4.78, 5) is 19.6. The molecule has 8 atom stereocenters. The van der Waals surface area contributed by atoms with Crippen LogP contribution in [-0.2, 0) is 22.4 Å². The SMILES string of the molecule is C=CC(=O)N1CCN(C2NC(OCC3CCCN3C)(C3CCCCCC3)NC3CC4(CCC32)Cc2ccccc2CC4F)CC1CC#N. The highest BCUT2D eigenvalue weighted by atomic mass is 19.1. The van der Waals surface area contributed by atoms with Gasteiger partial charge in [-0.2, -0.15) is 5.26 Å². The van der Waals surface area contributed by atoms with Gasteiger partial charge in [-0.1, -0.05) is 56.5 Å². The molecule has 1 spiro atoms. The number of carbonyl (C=O) groups is 1. The maximum Gasteiger partial charge on any atom is 0.246 e. The Kier molecular flexibility index (Phi) is 10.3. The number of likely N-dealkylation sites (tertiary alicyclic amines) is 1. The molecule has 3 saturated heterocycles. The first-order chi connectivity index (χ1) is 23.3. The van der Waals surface area contributed by atoms with Gasteiger partial charge in [0.15, 0.2) is 5.85 Å². The fraction of sp³-hybridized carbons (Fsp3) is 0.744. The lowest BCUT2D eigenvalue weighted by atomic mass is 9.58. The lowest BCUT2D eigenvalue weighted by molar-refractivity contribution is -0.211. The molecule has 1 aromatic carbocycles. The number of fused-ring (bicyclic) bond motifs is 2. The van der Waals surface area contributed by atoms with Crippen LogP contribution in [0, 0.1) is 28.6 Å². The van der Waals surface area contributed by atoms with Crippen molar-refractivity contribution in [3.63, 3.8) is 0 Å². The number of alkyl halides is 1. The topological polar surface area (TPSA) is 83.9 Å². The summed E-state index contributed by atoms with van der Waals surface area (Å²) in [6.45, 7) is 7.42. The number of nitrogens with zero attached hydrogens (tertiary/aromatic N) is 4. The van der Waals surface area contributed by atoms with Gasteiger partial charge in [0.25, 0.3) is 0 Å². The van der Waals surface area contributed by atoms with Gasteiger partial charge in [0.05, 0.1) is 31.3 Å². The van der Waals surface area contributed by atoms with Gasteiger partial charge in [-0.3, -0.25) is 20.3 Å². The van der Waals surface area contributed by atoms with Crippen molar-refractivity contribution in [2.45, 2.75) is 126 Å². The molecule has 0 radical (unpaired) electrons. The first-order valence-corrected chi connectivity index (χ1v) is 19.0. The molecule has 0 bridgehead atoms. The number of carbonyl (C=O) groups excluding carboxylic acids is 1. The van der Waals surface area contributed by atoms with Crippen LogP contribution in [0.3, 0.4) is 0 Å². The van der Waals surface area contributed by atoms with Crippen LogP contribution in [-0.4, -0.2) is 96.8 Å². The monoisotopic (exact) mass is 660 g/mol. The lowest BCUT2D eigenvalue weighted by Crippen LogP contribution is -2.80. The highest BCUT2D eigenvalue weighted by Crippen LogP contribution is 2.52. The highest BCUT2D eigenvalue weighted by Gasteiger charge is 2.58. The molecule has 8 nitrogen and oxygen atoms in total. The van der Waals surface area contributed by atoms with E-state index in [1.807, 2.05) is 11.0 Å². The van der Waals surface area contributed by atoms with Crippen molar-refractivity contribution >= 4 is 5.91 Å². The average molecular weight is 661 g/mol. The Hall–Kier alpha value is -2.35. The number of nitriles is 1. The highest BCUT2D eigenvalue weighted by molar-refractivity contribution is 5.87. The molecule has 1 aromatic rings. The second kappa shape index (κ2) is 14.5. The van der Waals surface area contributed by atoms with E-state index in [0.717, 1.165) is 58.0 Å². The Morgan fingerprint density at radius 3 is 2.58 bits per heavy atom. The van der Waals surface area contributed by atoms with E-state index >= 15 is 4.39 Å². The fourth-order valence-electron chi connectivity index (χ4n) is 10.5. The Bertz CT molecular complexity index is 1350. The second-order valence-electron chi connectivity index (χ2n) is 16.0. The van der Waals surface area contributed by atoms with Gasteiger partial charge in [0, 0.05) is 55.4 Å². The smallest absolute Gasteiger partial charge is 0.246 e. The minimum absolute atomic E-state index is 0.00859. The van der Waals surface area contributed by atoms with Crippen LogP contribution in [0.4, 0.5) is 4.39 Å². The van der Waals surface area contributed by atoms with Crippen molar-refractivity contribution in [3.05, 3.63) is 48.0 Å². The zero-order valence-electron chi connectivity index (χ0n) is 29.1. The van der Waals surface area contributed by atoms with Gasteiger partial charge in [-0.05, 0) is 82.2 Å². The van der Waals surface area contributed by atoms with Crippen LogP contribution in [0.25, 0.3) is 0 Å². The van der Waals surface area contributed by atoms with Gasteiger partial charge in [0.2, 0.25) is 5.91 Å². The largest absolute Gasteiger partial charge is 0.345 e. The van der Waals surface area contributed by atoms with E-state index in [9.17, 15) is 10.1 Å². The average Bonchev–Trinajstić information content (AvgIpc) is 3.31. The molecule has 3 aliphatic heterocycles. The van der Waals surface area contributed by atoms with Gasteiger partial charge in [0.1, 0.15) is 6.17 Å². The zero-order chi connectivity index (χ0) is 33.3. The Labute approximate surface area is 287 Å². The van der Waals surface area contributed by atoms with Gasteiger partial charge >= 0.3 is 0 Å². The number of piperazine rings is 1. The lowest BCUT2D eigenvalue weighted by Gasteiger charge is -2.61. The number of nitrogens with one attached hydrogen (secondary N) is 2. The molecule has 2 N–H and O–H groups in total. The van der Waals surface area contributed by atoms with E-state index in [2.05, 4.69) is 58.3 Å². The molecule has 5 fully saturated rings. The van der Waals surface area contributed by atoms with E-state index in [4.69, 9.17) is 4.74 Å². The molecule has 9 heteroatoms. The summed E-state index contributed by atoms with van der Waals surface area (Å²) in [6, 6.07) is 11.1. The number of likely N-dealkylation sites (N-methyl/N-ethyl adjacent to an activating group) is 1. The summed E-state index contributed by atoms with van der Waals surface area (Å²) in [5, 5.41) is 18.1. The van der Waals surface area contributed by atoms with E-state index in [-0.39, 0.29) is 35.5 Å². The van der Waals surface area contributed by atoms with Crippen molar-refractivity contribution in [1.82, 2.24) is 25.3 Å². The third-order valence-electron chi connectivity index (χ3n) is 13.3. The van der Waals surface area contributed by atoms with Crippen molar-refractivity contribution in [1.29, 1.82) is 5.26 Å². The van der Waals surface area contributed by atoms with Crippen LogP contribution in [0.5, 0.6) is 0 Å². The molecule has 2 saturated carbocycles. The standard InChI is InChI=1S/C39H57FN6O2/c1-3-36(47)46-22-21-45(26-31(46)17-19-41)37-33-16-18-38(24-29-12-9-8-11-28(29)23-35(38)40)25-34(33)42-39(43-37,30-13-6-4-5-7-14-30)48-27-32-15-10-20-44(32)2/h3,8-9,11-12,30-35,37,42-43H,1,4-7,10,13-18,20-27H2,2H3. The zero-order valence-corrected chi connectivity index (χ0v) is 29.1. The first-order valence-electron chi connectivity index (χ1n) is 19.0. The number of ether oxygens (including phenoxy) is 1. The maximum absolute atomic E-state index is 16.5. The van der Waals surface area contributed by atoms with Crippen molar-refractivity contribution in [2.75, 3.05) is 39.8 Å². The van der Waals surface area contributed by atoms with E-state index in [1.165, 1.54) is 49.3 Å². The molecule has 262 valence electrons. The summed E-state index contributed by atoms with van der Waals surface area (Å²) >= 11 is 0. The summed E-state index contributed by atoms with van der Waals surface area (Å²) in [6.07, 6.45) is 14.2. The molecule has 8 unspecified atom stereocenters. The molecule has 48 heavy (non-hydrogen) atoms. The van der Waals surface area contributed by atoms with E-state index in [0.29, 0.717) is 44.5 Å². The first kappa shape index (κ1) is 34.1. The Balaban J connectivity index is 1.23. The minimum Gasteiger partial charge on any atom is -0.345 e. The summed E-state index contributed by atoms with van der Waals surface area (Å²) in [5.74, 6) is -0.245. The predicted molar refractivity (Wildman–Crippen MR) is 185 cm³/mol. The van der Waals surface area contributed by atoms with Gasteiger partial charge in [-0.15, -0.1) is 0 Å². The molecule has 3 heterocycles. The number of benzene rings is 1. The summed E-state index contributed by atoms with van der Waals surface area (Å²) in [5.41, 5.74) is 2.10. The minimum atomic E-state index is -0.864. The second-order valence-corrected chi connectivity index (χ2v) is 16.0. The van der Waals surface area contributed by atoms with Crippen LogP contribution in [0.1, 0.15) is 88.2 Å². The van der Waals surface area contributed by atoms with Gasteiger partial charge in [-0.25, -0.2) is 4.39 Å². The molecule has 3 aliphatic carbocycles. The molecule has 7 rings (SSSR count). The fourth-order valence-corrected chi connectivity index (χ4v) is 10.5. The molecular formula is C39H57FN6O2. The third kappa shape index (κ3) is 6.60. The van der Waals surface area contributed by atoms with Crippen LogP contribution in [0.15, 0.2) is 36.9 Å². The van der Waals surface area contributed by atoms with Crippen LogP contribution < -0.4 is 10.6 Å². The van der Waals surface area contributed by atoms with Crippen molar-refractivity contribution in [2.24, 2.45) is 17.3 Å². The maximum atomic E-state index is 16.5. The van der Waals surface area contributed by atoms with Crippen LogP contribution in [0.2, 0.25) is 0 Å². The quantitative estimate of drug-likeness (QED) is 0.310. The number of hydrogen-bond donors (Lipinski definition) is 2. The Morgan fingerprint density at radius 1 is 1.06 bits per heavy atom. The van der Waals surface area contributed by atoms with Crippen molar-refractivity contribution in [3.8, 4) is 6.07 Å². The molecule has 0 aromatic heterocycles. The van der Waals surface area contributed by atoms with Gasteiger partial charge < -0.3 is 14.5 Å². The molecule has 6 aliphatic rings. The number of halogens is 1. The summed E-state index contributed by atoms with van der Waals surface area (Å²) in [7, 11) is 2.21. The molecule has 1 amide bonds. The van der Waals surface area contributed by atoms with Crippen LogP contribution >= 0.6 is 0 Å². The number of hydrogen-bond acceptors (Lipinski definition) is 7. The number of amides is 1. The Morgan fingerprint density at radius 2 is 1.85 bits per heavy atom.